The van der Waals surface area contributed by atoms with E-state index >= 15 is 0 Å². The van der Waals surface area contributed by atoms with Crippen LogP contribution >= 0.6 is 11.6 Å². The van der Waals surface area contributed by atoms with Crippen molar-refractivity contribution in [3.05, 3.63) is 52.8 Å². The smallest absolute Gasteiger partial charge is 0.241 e. The Hall–Kier alpha value is -2.64. The fourth-order valence-electron chi connectivity index (χ4n) is 4.20. The molecule has 0 spiro atoms. The number of amides is 1. The van der Waals surface area contributed by atoms with Crippen LogP contribution in [0.4, 0.5) is 0 Å². The lowest BCUT2D eigenvalue weighted by Gasteiger charge is -2.38. The fraction of sp³-hybridized carbons (Fsp3) is 0.458. The highest BCUT2D eigenvalue weighted by molar-refractivity contribution is 6.31. The molecule has 1 aromatic rings. The second-order valence-electron chi connectivity index (χ2n) is 8.00. The average Bonchev–Trinajstić information content (AvgIpc) is 3.28. The Labute approximate surface area is 195 Å². The number of benzene rings is 1. The maximum Gasteiger partial charge on any atom is 0.241 e. The van der Waals surface area contributed by atoms with Crippen LogP contribution in [0.25, 0.3) is 0 Å². The summed E-state index contributed by atoms with van der Waals surface area (Å²) in [5, 5.41) is 15.7. The zero-order chi connectivity index (χ0) is 23.3. The molecule has 2 heterocycles. The van der Waals surface area contributed by atoms with Gasteiger partial charge in [-0.2, -0.15) is 10.2 Å². The standard InChI is InChI=1S/C24H32ClN5O2/c1-6-18(15(3)26-4)27-24(31)22-10-8-9-21(30(22)5)20-14-19(28-29-20)17-13-16(25)11-12-23(17)32-7-2/h6,11-13,21-22,26H,1,7-10,14H2,2-5H3,(H,27,31)/b18-15+. The van der Waals surface area contributed by atoms with Crippen LogP contribution in [0.1, 0.15) is 45.1 Å². The summed E-state index contributed by atoms with van der Waals surface area (Å²) in [6.07, 6.45) is 4.95. The van der Waals surface area contributed by atoms with E-state index in [1.54, 1.807) is 6.08 Å². The van der Waals surface area contributed by atoms with Crippen molar-refractivity contribution in [1.82, 2.24) is 15.5 Å². The van der Waals surface area contributed by atoms with Crippen LogP contribution in [0.3, 0.4) is 0 Å². The van der Waals surface area contributed by atoms with Crippen molar-refractivity contribution in [2.24, 2.45) is 10.2 Å². The minimum absolute atomic E-state index is 0.0325. The van der Waals surface area contributed by atoms with Crippen molar-refractivity contribution >= 4 is 28.9 Å². The van der Waals surface area contributed by atoms with Gasteiger partial charge < -0.3 is 15.4 Å². The second-order valence-corrected chi connectivity index (χ2v) is 8.43. The van der Waals surface area contributed by atoms with Gasteiger partial charge in [-0.3, -0.25) is 9.69 Å². The summed E-state index contributed by atoms with van der Waals surface area (Å²) < 4.78 is 5.76. The zero-order valence-electron chi connectivity index (χ0n) is 19.2. The van der Waals surface area contributed by atoms with E-state index in [1.165, 1.54) is 0 Å². The van der Waals surface area contributed by atoms with E-state index < -0.39 is 0 Å². The van der Waals surface area contributed by atoms with Gasteiger partial charge in [-0.1, -0.05) is 18.2 Å². The molecule has 0 saturated carbocycles. The molecule has 2 N–H and O–H groups in total. The Morgan fingerprint density at radius 2 is 2.16 bits per heavy atom. The van der Waals surface area contributed by atoms with Crippen molar-refractivity contribution < 1.29 is 9.53 Å². The lowest BCUT2D eigenvalue weighted by atomic mass is 9.90. The van der Waals surface area contributed by atoms with Gasteiger partial charge in [0.15, 0.2) is 0 Å². The van der Waals surface area contributed by atoms with Crippen LogP contribution in [-0.4, -0.2) is 55.0 Å². The minimum atomic E-state index is -0.245. The third-order valence-electron chi connectivity index (χ3n) is 6.07. The molecule has 1 fully saturated rings. The maximum absolute atomic E-state index is 13.0. The number of ether oxygens (including phenoxy) is 1. The molecule has 1 saturated heterocycles. The molecule has 32 heavy (non-hydrogen) atoms. The number of likely N-dealkylation sites (tertiary alicyclic amines) is 1. The molecule has 3 rings (SSSR count). The first-order chi connectivity index (χ1) is 15.4. The Morgan fingerprint density at radius 3 is 2.84 bits per heavy atom. The van der Waals surface area contributed by atoms with E-state index in [1.807, 2.05) is 46.1 Å². The van der Waals surface area contributed by atoms with E-state index in [2.05, 4.69) is 32.3 Å². The largest absolute Gasteiger partial charge is 0.493 e. The van der Waals surface area contributed by atoms with Crippen LogP contribution in [0.2, 0.25) is 5.02 Å². The van der Waals surface area contributed by atoms with Crippen molar-refractivity contribution in [2.45, 2.75) is 51.6 Å². The SMILES string of the molecule is C=C/C(NC(=O)C1CCCC(C2=NN=C(c3cc(Cl)ccc3OCC)C2)N1C)=C(/C)NC. The molecule has 0 aromatic heterocycles. The maximum atomic E-state index is 13.0. The van der Waals surface area contributed by atoms with Crippen molar-refractivity contribution in [3.8, 4) is 5.75 Å². The van der Waals surface area contributed by atoms with Crippen LogP contribution in [0.5, 0.6) is 5.75 Å². The summed E-state index contributed by atoms with van der Waals surface area (Å²) in [5.41, 5.74) is 4.24. The van der Waals surface area contributed by atoms with Gasteiger partial charge in [0.05, 0.1) is 35.8 Å². The normalized spacial score (nSPS) is 21.9. The topological polar surface area (TPSA) is 78.3 Å². The summed E-state index contributed by atoms with van der Waals surface area (Å²) in [6, 6.07) is 5.36. The molecule has 1 aromatic carbocycles. The van der Waals surface area contributed by atoms with Crippen LogP contribution in [-0.2, 0) is 4.79 Å². The van der Waals surface area contributed by atoms with Crippen LogP contribution < -0.4 is 15.4 Å². The highest BCUT2D eigenvalue weighted by Crippen LogP contribution is 2.30. The monoisotopic (exact) mass is 457 g/mol. The molecule has 0 bridgehead atoms. The fourth-order valence-corrected chi connectivity index (χ4v) is 4.38. The lowest BCUT2D eigenvalue weighted by molar-refractivity contribution is -0.126. The van der Waals surface area contributed by atoms with Crippen molar-refractivity contribution in [3.63, 3.8) is 0 Å². The molecule has 1 amide bonds. The Bertz CT molecular complexity index is 969. The van der Waals surface area contributed by atoms with Crippen LogP contribution in [0.15, 0.2) is 52.5 Å². The van der Waals surface area contributed by atoms with Crippen molar-refractivity contribution in [1.29, 1.82) is 0 Å². The Balaban J connectivity index is 1.72. The molecule has 2 atom stereocenters. The number of likely N-dealkylation sites (N-methyl/N-ethyl adjacent to an activating group) is 1. The molecule has 172 valence electrons. The molecule has 2 unspecified atom stereocenters. The Kier molecular flexibility index (Phi) is 8.10. The van der Waals surface area contributed by atoms with Gasteiger partial charge in [0.1, 0.15) is 5.75 Å². The first kappa shape index (κ1) is 24.0. The predicted octanol–water partition coefficient (Wildman–Crippen LogP) is 3.89. The van der Waals surface area contributed by atoms with Gasteiger partial charge >= 0.3 is 0 Å². The lowest BCUT2D eigenvalue weighted by Crippen LogP contribution is -2.54. The number of allylic oxidation sites excluding steroid dienone is 2. The molecule has 2 aliphatic heterocycles. The summed E-state index contributed by atoms with van der Waals surface area (Å²) in [6.45, 7) is 8.22. The van der Waals surface area contributed by atoms with Gasteiger partial charge in [-0.05, 0) is 64.4 Å². The summed E-state index contributed by atoms with van der Waals surface area (Å²) in [4.78, 5) is 15.2. The highest BCUT2D eigenvalue weighted by Gasteiger charge is 2.36. The number of rotatable bonds is 8. The second kappa shape index (κ2) is 10.8. The average molecular weight is 458 g/mol. The third-order valence-corrected chi connectivity index (χ3v) is 6.30. The number of halogens is 1. The number of nitrogens with one attached hydrogen (secondary N) is 2. The summed E-state index contributed by atoms with van der Waals surface area (Å²) in [5.74, 6) is 0.722. The summed E-state index contributed by atoms with van der Waals surface area (Å²) in [7, 11) is 3.81. The van der Waals surface area contributed by atoms with E-state index in [0.29, 0.717) is 23.7 Å². The van der Waals surface area contributed by atoms with E-state index in [9.17, 15) is 4.79 Å². The Morgan fingerprint density at radius 1 is 1.38 bits per heavy atom. The number of carbonyl (C=O) groups excluding carboxylic acids is 1. The predicted molar refractivity (Wildman–Crippen MR) is 130 cm³/mol. The summed E-state index contributed by atoms with van der Waals surface area (Å²) >= 11 is 6.23. The first-order valence-corrected chi connectivity index (χ1v) is 11.4. The number of nitrogens with zero attached hydrogens (tertiary/aromatic N) is 3. The van der Waals surface area contributed by atoms with Gasteiger partial charge in [0.2, 0.25) is 5.91 Å². The zero-order valence-corrected chi connectivity index (χ0v) is 20.0. The number of hydrogen-bond donors (Lipinski definition) is 2. The van der Waals surface area contributed by atoms with Crippen molar-refractivity contribution in [2.75, 3.05) is 20.7 Å². The van der Waals surface area contributed by atoms with Gasteiger partial charge in [0, 0.05) is 29.8 Å². The van der Waals surface area contributed by atoms with Gasteiger partial charge in [0.25, 0.3) is 0 Å². The van der Waals surface area contributed by atoms with E-state index in [0.717, 1.165) is 47.7 Å². The highest BCUT2D eigenvalue weighted by atomic mass is 35.5. The molecule has 2 aliphatic rings. The van der Waals surface area contributed by atoms with Crippen LogP contribution in [0, 0.1) is 0 Å². The number of hydrogen-bond acceptors (Lipinski definition) is 6. The van der Waals surface area contributed by atoms with E-state index in [-0.39, 0.29) is 18.0 Å². The third kappa shape index (κ3) is 5.22. The van der Waals surface area contributed by atoms with Gasteiger partial charge in [-0.25, -0.2) is 0 Å². The molecule has 7 nitrogen and oxygen atoms in total. The molecule has 8 heteroatoms. The molecule has 0 radical (unpaired) electrons. The quantitative estimate of drug-likeness (QED) is 0.580. The van der Waals surface area contributed by atoms with E-state index in [4.69, 9.17) is 16.3 Å². The molecular weight excluding hydrogens is 426 g/mol. The van der Waals surface area contributed by atoms with Gasteiger partial charge in [-0.15, -0.1) is 0 Å². The number of piperidine rings is 1. The number of carbonyl (C=O) groups is 1. The molecule has 0 aliphatic carbocycles. The first-order valence-electron chi connectivity index (χ1n) is 11.0. The molecular formula is C24H32ClN5O2. The minimum Gasteiger partial charge on any atom is -0.493 e.